The second-order valence-electron chi connectivity index (χ2n) is 6.10. The Morgan fingerprint density at radius 1 is 1.10 bits per heavy atom. The molecule has 0 saturated heterocycles. The lowest BCUT2D eigenvalue weighted by molar-refractivity contribution is -0.116. The Hall–Kier alpha value is -2.82. The van der Waals surface area contributed by atoms with Gasteiger partial charge < -0.3 is 5.32 Å². The van der Waals surface area contributed by atoms with Gasteiger partial charge in [0.25, 0.3) is 15.9 Å². The van der Waals surface area contributed by atoms with Gasteiger partial charge in [0.15, 0.2) is 0 Å². The number of hydrogen-bond donors (Lipinski definition) is 1. The topological polar surface area (TPSA) is 109 Å². The van der Waals surface area contributed by atoms with E-state index in [0.29, 0.717) is 10.0 Å². The number of carbonyl (C=O) groups excluding carboxylic acids is 2. The molecule has 0 spiro atoms. The summed E-state index contributed by atoms with van der Waals surface area (Å²) >= 11 is 7.03. The second kappa shape index (κ2) is 7.54. The summed E-state index contributed by atoms with van der Waals surface area (Å²) in [5.41, 5.74) is 0.920. The summed E-state index contributed by atoms with van der Waals surface area (Å²) in [4.78, 5) is 24.5. The molecule has 8 nitrogen and oxygen atoms in total. The number of sulfonamides is 1. The van der Waals surface area contributed by atoms with Crippen molar-refractivity contribution in [2.75, 3.05) is 11.9 Å². The zero-order chi connectivity index (χ0) is 20.6. The van der Waals surface area contributed by atoms with E-state index in [2.05, 4.69) is 15.5 Å². The Labute approximate surface area is 175 Å². The van der Waals surface area contributed by atoms with Gasteiger partial charge in [0.1, 0.15) is 9.90 Å². The Balaban J connectivity index is 1.40. The summed E-state index contributed by atoms with van der Waals surface area (Å²) < 4.78 is 25.7. The lowest BCUT2D eigenvalue weighted by atomic mass is 10.2. The van der Waals surface area contributed by atoms with Gasteiger partial charge in [-0.3, -0.25) is 9.59 Å². The van der Waals surface area contributed by atoms with Crippen LogP contribution in [0.15, 0.2) is 53.4 Å². The van der Waals surface area contributed by atoms with Crippen LogP contribution in [0.5, 0.6) is 0 Å². The minimum atomic E-state index is -3.93. The Kier molecular flexibility index (Phi) is 5.07. The Morgan fingerprint density at radius 3 is 2.55 bits per heavy atom. The number of halogens is 1. The minimum Gasteiger partial charge on any atom is -0.300 e. The van der Waals surface area contributed by atoms with Crippen molar-refractivity contribution in [3.8, 4) is 10.6 Å². The van der Waals surface area contributed by atoms with E-state index in [1.165, 1.54) is 23.5 Å². The summed E-state index contributed by atoms with van der Waals surface area (Å²) in [6.45, 7) is -0.259. The van der Waals surface area contributed by atoms with Crippen LogP contribution in [0.25, 0.3) is 10.6 Å². The van der Waals surface area contributed by atoms with Gasteiger partial charge in [-0.2, -0.15) is 0 Å². The first-order valence-corrected chi connectivity index (χ1v) is 11.0. The number of fused-ring (bicyclic) bond motifs is 1. The maximum absolute atomic E-state index is 12.5. The molecule has 2 aromatic carbocycles. The number of aromatic nitrogens is 2. The number of nitrogens with zero attached hydrogens (tertiary/aromatic N) is 3. The largest absolute Gasteiger partial charge is 0.300 e. The van der Waals surface area contributed by atoms with E-state index < -0.39 is 21.8 Å². The van der Waals surface area contributed by atoms with E-state index in [9.17, 15) is 18.0 Å². The molecule has 3 aromatic rings. The Bertz CT molecular complexity index is 1210. The standard InChI is InChI=1S/C18H13ClN4O4S2/c19-12-7-5-11(6-8-12)16-21-22-18(28-16)20-15(24)9-10-23-17(25)13-3-1-2-4-14(13)29(23,26)27/h1-8H,9-10H2,(H,20,22,24). The van der Waals surface area contributed by atoms with Gasteiger partial charge >= 0.3 is 0 Å². The van der Waals surface area contributed by atoms with Gasteiger partial charge in [-0.05, 0) is 24.3 Å². The molecular formula is C18H13ClN4O4S2. The van der Waals surface area contributed by atoms with Crippen molar-refractivity contribution in [2.45, 2.75) is 11.3 Å². The molecule has 148 valence electrons. The number of amides is 2. The predicted octanol–water partition coefficient (Wildman–Crippen LogP) is 3.03. The third-order valence-corrected chi connectivity index (χ3v) is 7.20. The SMILES string of the molecule is O=C(CCN1C(=O)c2ccccc2S1(=O)=O)Nc1nnc(-c2ccc(Cl)cc2)s1. The van der Waals surface area contributed by atoms with Crippen molar-refractivity contribution in [3.63, 3.8) is 0 Å². The lowest BCUT2D eigenvalue weighted by Crippen LogP contribution is -2.33. The fourth-order valence-corrected chi connectivity index (χ4v) is 5.28. The monoisotopic (exact) mass is 448 g/mol. The van der Waals surface area contributed by atoms with E-state index >= 15 is 0 Å². The molecule has 2 heterocycles. The van der Waals surface area contributed by atoms with Crippen molar-refractivity contribution < 1.29 is 18.0 Å². The van der Waals surface area contributed by atoms with Crippen LogP contribution in [0.3, 0.4) is 0 Å². The fraction of sp³-hybridized carbons (Fsp3) is 0.111. The third kappa shape index (κ3) is 3.74. The van der Waals surface area contributed by atoms with Crippen LogP contribution >= 0.6 is 22.9 Å². The van der Waals surface area contributed by atoms with Crippen molar-refractivity contribution in [1.29, 1.82) is 0 Å². The van der Waals surface area contributed by atoms with Crippen LogP contribution in [0.2, 0.25) is 5.02 Å². The summed E-state index contributed by atoms with van der Waals surface area (Å²) in [7, 11) is -3.93. The molecule has 1 aliphatic rings. The third-order valence-electron chi connectivity index (χ3n) is 4.22. The number of anilines is 1. The first kappa shape index (κ1) is 19.5. The molecule has 1 aromatic heterocycles. The van der Waals surface area contributed by atoms with Crippen molar-refractivity contribution in [2.24, 2.45) is 0 Å². The molecule has 1 aliphatic heterocycles. The van der Waals surface area contributed by atoms with E-state index in [0.717, 1.165) is 9.87 Å². The highest BCUT2D eigenvalue weighted by Crippen LogP contribution is 2.30. The molecule has 4 rings (SSSR count). The van der Waals surface area contributed by atoms with Gasteiger partial charge in [0.05, 0.1) is 5.56 Å². The predicted molar refractivity (Wildman–Crippen MR) is 108 cm³/mol. The summed E-state index contributed by atoms with van der Waals surface area (Å²) in [6.07, 6.45) is -0.200. The van der Waals surface area contributed by atoms with Gasteiger partial charge in [-0.1, -0.05) is 47.2 Å². The molecule has 0 atom stereocenters. The van der Waals surface area contributed by atoms with Crippen molar-refractivity contribution in [3.05, 3.63) is 59.1 Å². The number of carbonyl (C=O) groups is 2. The van der Waals surface area contributed by atoms with E-state index in [1.807, 2.05) is 0 Å². The summed E-state index contributed by atoms with van der Waals surface area (Å²) in [5.74, 6) is -1.10. The number of benzene rings is 2. The maximum atomic E-state index is 12.5. The highest BCUT2D eigenvalue weighted by molar-refractivity contribution is 7.90. The molecular weight excluding hydrogens is 436 g/mol. The minimum absolute atomic E-state index is 0.0397. The van der Waals surface area contributed by atoms with Crippen LogP contribution in [0.1, 0.15) is 16.8 Å². The Morgan fingerprint density at radius 2 is 1.83 bits per heavy atom. The smallest absolute Gasteiger partial charge is 0.269 e. The molecule has 0 fully saturated rings. The van der Waals surface area contributed by atoms with Crippen LogP contribution in [-0.4, -0.2) is 41.3 Å². The highest BCUT2D eigenvalue weighted by atomic mass is 35.5. The zero-order valence-corrected chi connectivity index (χ0v) is 17.1. The van der Waals surface area contributed by atoms with E-state index in [4.69, 9.17) is 11.6 Å². The molecule has 2 amide bonds. The van der Waals surface area contributed by atoms with E-state index in [-0.39, 0.29) is 28.6 Å². The van der Waals surface area contributed by atoms with Crippen LogP contribution in [0, 0.1) is 0 Å². The van der Waals surface area contributed by atoms with Crippen LogP contribution in [-0.2, 0) is 14.8 Å². The summed E-state index contributed by atoms with van der Waals surface area (Å²) in [6, 6.07) is 13.0. The van der Waals surface area contributed by atoms with Gasteiger partial charge in [-0.25, -0.2) is 12.7 Å². The first-order chi connectivity index (χ1) is 13.9. The zero-order valence-electron chi connectivity index (χ0n) is 14.7. The number of nitrogens with one attached hydrogen (secondary N) is 1. The van der Waals surface area contributed by atoms with E-state index in [1.54, 1.807) is 36.4 Å². The first-order valence-electron chi connectivity index (χ1n) is 8.41. The summed E-state index contributed by atoms with van der Waals surface area (Å²) in [5, 5.41) is 12.0. The van der Waals surface area contributed by atoms with Crippen LogP contribution in [0.4, 0.5) is 5.13 Å². The van der Waals surface area contributed by atoms with Crippen LogP contribution < -0.4 is 5.32 Å². The molecule has 0 bridgehead atoms. The fourth-order valence-electron chi connectivity index (χ4n) is 2.82. The molecule has 0 radical (unpaired) electrons. The number of hydrogen-bond acceptors (Lipinski definition) is 7. The molecule has 0 unspecified atom stereocenters. The molecule has 29 heavy (non-hydrogen) atoms. The number of rotatable bonds is 5. The second-order valence-corrected chi connectivity index (χ2v) is 9.34. The quantitative estimate of drug-likeness (QED) is 0.642. The normalized spacial score (nSPS) is 14.7. The van der Waals surface area contributed by atoms with Gasteiger partial charge in [0, 0.05) is 23.6 Å². The maximum Gasteiger partial charge on any atom is 0.269 e. The molecule has 1 N–H and O–H groups in total. The highest BCUT2D eigenvalue weighted by Gasteiger charge is 2.40. The van der Waals surface area contributed by atoms with Gasteiger partial charge in [-0.15, -0.1) is 10.2 Å². The van der Waals surface area contributed by atoms with Crippen molar-refractivity contribution >= 4 is 49.9 Å². The molecule has 0 saturated carbocycles. The lowest BCUT2D eigenvalue weighted by Gasteiger charge is -2.14. The molecule has 0 aliphatic carbocycles. The molecule has 11 heteroatoms. The average molecular weight is 449 g/mol. The average Bonchev–Trinajstić information content (AvgIpc) is 3.23. The van der Waals surface area contributed by atoms with Crippen molar-refractivity contribution in [1.82, 2.24) is 14.5 Å². The van der Waals surface area contributed by atoms with Gasteiger partial charge in [0.2, 0.25) is 11.0 Å².